The van der Waals surface area contributed by atoms with Gasteiger partial charge >= 0.3 is 0 Å². The first-order chi connectivity index (χ1) is 13.7. The Hall–Kier alpha value is -3.00. The van der Waals surface area contributed by atoms with E-state index in [1.807, 2.05) is 18.3 Å². The Morgan fingerprint density at radius 1 is 1.18 bits per heavy atom. The van der Waals surface area contributed by atoms with E-state index in [0.29, 0.717) is 18.8 Å². The van der Waals surface area contributed by atoms with Crippen molar-refractivity contribution in [2.24, 2.45) is 0 Å². The summed E-state index contributed by atoms with van der Waals surface area (Å²) in [6, 6.07) is 12.2. The van der Waals surface area contributed by atoms with Gasteiger partial charge in [0.2, 0.25) is 0 Å². The van der Waals surface area contributed by atoms with Crippen LogP contribution >= 0.6 is 0 Å². The van der Waals surface area contributed by atoms with Crippen LogP contribution in [-0.2, 0) is 17.8 Å². The Bertz CT molecular complexity index is 934. The summed E-state index contributed by atoms with van der Waals surface area (Å²) in [4.78, 5) is 20.7. The van der Waals surface area contributed by atoms with Crippen molar-refractivity contribution in [3.05, 3.63) is 71.7 Å². The van der Waals surface area contributed by atoms with Crippen molar-refractivity contribution in [1.82, 2.24) is 20.3 Å². The number of aromatic nitrogens is 2. The summed E-state index contributed by atoms with van der Waals surface area (Å²) in [6.07, 6.45) is 7.33. The van der Waals surface area contributed by atoms with E-state index in [1.165, 1.54) is 28.6 Å². The number of aliphatic hydroxyl groups is 1. The third-order valence-corrected chi connectivity index (χ3v) is 4.52. The summed E-state index contributed by atoms with van der Waals surface area (Å²) in [7, 11) is 0. The Kier molecular flexibility index (Phi) is 6.91. The third kappa shape index (κ3) is 5.50. The van der Waals surface area contributed by atoms with Gasteiger partial charge in [-0.2, -0.15) is 0 Å². The highest BCUT2D eigenvalue weighted by Crippen LogP contribution is 2.15. The molecule has 2 heterocycles. The van der Waals surface area contributed by atoms with E-state index in [4.69, 9.17) is 5.21 Å². The number of fused-ring (bicyclic) bond motifs is 1. The Morgan fingerprint density at radius 2 is 2.04 bits per heavy atom. The lowest BCUT2D eigenvalue weighted by Crippen LogP contribution is -2.28. The molecule has 146 valence electrons. The number of nitrogens with one attached hydrogen (secondary N) is 2. The molecule has 0 unspecified atom stereocenters. The fourth-order valence-corrected chi connectivity index (χ4v) is 3.04. The molecule has 28 heavy (non-hydrogen) atoms. The first kappa shape index (κ1) is 19.8. The number of hydrogen-bond acceptors (Lipinski definition) is 5. The molecule has 3 aromatic rings. The van der Waals surface area contributed by atoms with Gasteiger partial charge in [0.1, 0.15) is 0 Å². The number of nitrogens with zero attached hydrogens (tertiary/aromatic N) is 2. The van der Waals surface area contributed by atoms with Crippen molar-refractivity contribution < 1.29 is 15.1 Å². The molecular weight excluding hydrogens is 356 g/mol. The maximum atomic E-state index is 11.0. The van der Waals surface area contributed by atoms with Crippen LogP contribution in [-0.4, -0.2) is 50.8 Å². The first-order valence-electron chi connectivity index (χ1n) is 9.14. The summed E-state index contributed by atoms with van der Waals surface area (Å²) in [6.45, 7) is 2.20. The molecule has 2 aromatic heterocycles. The lowest BCUT2D eigenvalue weighted by atomic mass is 10.1. The number of pyridine rings is 1. The average Bonchev–Trinajstić information content (AvgIpc) is 3.19. The Balaban J connectivity index is 1.59. The molecule has 0 saturated carbocycles. The number of carbonyl (C=O) groups is 1. The van der Waals surface area contributed by atoms with Gasteiger partial charge in [0.05, 0.1) is 12.3 Å². The Labute approximate surface area is 163 Å². The van der Waals surface area contributed by atoms with Crippen molar-refractivity contribution in [1.29, 1.82) is 0 Å². The number of amides is 1. The summed E-state index contributed by atoms with van der Waals surface area (Å²) in [5.41, 5.74) is 5.58. The van der Waals surface area contributed by atoms with Crippen LogP contribution in [0.1, 0.15) is 16.8 Å². The van der Waals surface area contributed by atoms with Crippen LogP contribution in [0.15, 0.2) is 54.9 Å². The van der Waals surface area contributed by atoms with Crippen LogP contribution in [0.25, 0.3) is 17.0 Å². The topological polar surface area (TPSA) is 101 Å². The maximum Gasteiger partial charge on any atom is 0.267 e. The Morgan fingerprint density at radius 3 is 2.79 bits per heavy atom. The lowest BCUT2D eigenvalue weighted by molar-refractivity contribution is -0.124. The second kappa shape index (κ2) is 9.80. The summed E-state index contributed by atoms with van der Waals surface area (Å²) in [5.74, 6) is -0.599. The molecule has 4 N–H and O–H groups in total. The van der Waals surface area contributed by atoms with Gasteiger partial charge in [-0.25, -0.2) is 5.48 Å². The molecule has 0 spiro atoms. The molecule has 1 aromatic carbocycles. The first-order valence-corrected chi connectivity index (χ1v) is 9.14. The zero-order valence-corrected chi connectivity index (χ0v) is 15.5. The number of carbonyl (C=O) groups excluding carboxylic acids is 1. The zero-order chi connectivity index (χ0) is 19.8. The van der Waals surface area contributed by atoms with Gasteiger partial charge in [0, 0.05) is 43.6 Å². The number of aliphatic hydroxyl groups excluding tert-OH is 1. The molecule has 0 radical (unpaired) electrons. The second-order valence-corrected chi connectivity index (χ2v) is 6.55. The van der Waals surface area contributed by atoms with E-state index in [9.17, 15) is 9.90 Å². The highest BCUT2D eigenvalue weighted by molar-refractivity contribution is 5.90. The van der Waals surface area contributed by atoms with Gasteiger partial charge in [-0.1, -0.05) is 12.1 Å². The smallest absolute Gasteiger partial charge is 0.267 e. The predicted molar refractivity (Wildman–Crippen MR) is 108 cm³/mol. The van der Waals surface area contributed by atoms with E-state index >= 15 is 0 Å². The minimum Gasteiger partial charge on any atom is -0.395 e. The molecule has 0 saturated heterocycles. The molecule has 0 fully saturated rings. The van der Waals surface area contributed by atoms with Crippen LogP contribution in [0, 0.1) is 0 Å². The second-order valence-electron chi connectivity index (χ2n) is 6.55. The van der Waals surface area contributed by atoms with Gasteiger partial charge in [0.25, 0.3) is 5.91 Å². The maximum absolute atomic E-state index is 11.0. The highest BCUT2D eigenvalue weighted by Gasteiger charge is 2.07. The number of hydrogen-bond donors (Lipinski definition) is 4. The minimum atomic E-state index is -0.599. The number of hydroxylamine groups is 1. The van der Waals surface area contributed by atoms with Crippen LogP contribution in [0.2, 0.25) is 0 Å². The van der Waals surface area contributed by atoms with Gasteiger partial charge in [-0.05, 0) is 53.3 Å². The molecule has 1 amide bonds. The van der Waals surface area contributed by atoms with Gasteiger partial charge in [-0.3, -0.25) is 19.9 Å². The number of aromatic amines is 1. The number of benzene rings is 1. The van der Waals surface area contributed by atoms with Gasteiger partial charge < -0.3 is 10.1 Å². The normalized spacial score (nSPS) is 11.5. The molecule has 3 rings (SSSR count). The SMILES string of the molecule is O=C(/C=C/c1ccc(CN(CCO)CCc2ccc3[nH]ccc3c2)cn1)NO. The van der Waals surface area contributed by atoms with E-state index in [2.05, 4.69) is 39.1 Å². The zero-order valence-electron chi connectivity index (χ0n) is 15.5. The van der Waals surface area contributed by atoms with Gasteiger partial charge in [-0.15, -0.1) is 0 Å². The molecule has 0 aliphatic heterocycles. The van der Waals surface area contributed by atoms with Crippen LogP contribution in [0.5, 0.6) is 0 Å². The summed E-state index contributed by atoms with van der Waals surface area (Å²) >= 11 is 0. The van der Waals surface area contributed by atoms with Crippen molar-refractivity contribution in [2.45, 2.75) is 13.0 Å². The van der Waals surface area contributed by atoms with Gasteiger partial charge in [0.15, 0.2) is 0 Å². The average molecular weight is 380 g/mol. The monoisotopic (exact) mass is 380 g/mol. The molecule has 0 aliphatic rings. The summed E-state index contributed by atoms with van der Waals surface area (Å²) in [5, 5.41) is 19.1. The van der Waals surface area contributed by atoms with E-state index in [0.717, 1.165) is 24.0 Å². The van der Waals surface area contributed by atoms with Crippen LogP contribution < -0.4 is 5.48 Å². The van der Waals surface area contributed by atoms with Crippen molar-refractivity contribution in [3.63, 3.8) is 0 Å². The highest BCUT2D eigenvalue weighted by atomic mass is 16.5. The quantitative estimate of drug-likeness (QED) is 0.259. The minimum absolute atomic E-state index is 0.0986. The van der Waals surface area contributed by atoms with Crippen molar-refractivity contribution >= 4 is 22.9 Å². The number of rotatable bonds is 9. The fourth-order valence-electron chi connectivity index (χ4n) is 3.04. The lowest BCUT2D eigenvalue weighted by Gasteiger charge is -2.21. The molecule has 0 bridgehead atoms. The summed E-state index contributed by atoms with van der Waals surface area (Å²) < 4.78 is 0. The van der Waals surface area contributed by atoms with E-state index in [1.54, 1.807) is 6.20 Å². The van der Waals surface area contributed by atoms with E-state index in [-0.39, 0.29) is 6.61 Å². The molecule has 0 aliphatic carbocycles. The van der Waals surface area contributed by atoms with Crippen LogP contribution in [0.4, 0.5) is 0 Å². The molecular formula is C21H24N4O3. The van der Waals surface area contributed by atoms with E-state index < -0.39 is 5.91 Å². The molecule has 7 heteroatoms. The third-order valence-electron chi connectivity index (χ3n) is 4.52. The van der Waals surface area contributed by atoms with Crippen molar-refractivity contribution in [2.75, 3.05) is 19.7 Å². The molecule has 0 atom stereocenters. The number of H-pyrrole nitrogens is 1. The van der Waals surface area contributed by atoms with Crippen LogP contribution in [0.3, 0.4) is 0 Å². The fraction of sp³-hybridized carbons (Fsp3) is 0.238. The molecule has 7 nitrogen and oxygen atoms in total. The largest absolute Gasteiger partial charge is 0.395 e. The predicted octanol–water partition coefficient (Wildman–Crippen LogP) is 2.12. The van der Waals surface area contributed by atoms with Crippen molar-refractivity contribution in [3.8, 4) is 0 Å². The standard InChI is InChI=1S/C21H24N4O3/c26-12-11-25(10-8-16-2-5-20-18(13-16)7-9-22-20)15-17-1-3-19(23-14-17)4-6-21(27)24-28/h1-7,9,13-14,22,26,28H,8,10-12,15H2,(H,24,27)/b6-4+.